The number of hydrogen-bond donors (Lipinski definition) is 1. The molecule has 2 atom stereocenters. The van der Waals surface area contributed by atoms with Crippen molar-refractivity contribution >= 4 is 0 Å². The van der Waals surface area contributed by atoms with Crippen LogP contribution < -0.4 is 0 Å². The number of rotatable bonds is 2. The van der Waals surface area contributed by atoms with Gasteiger partial charge >= 0.3 is 0 Å². The fourth-order valence-corrected chi connectivity index (χ4v) is 2.32. The molecule has 2 rings (SSSR count). The van der Waals surface area contributed by atoms with Crippen LogP contribution in [0.1, 0.15) is 36.8 Å². The highest BCUT2D eigenvalue weighted by molar-refractivity contribution is 5.36. The normalized spacial score (nSPS) is 26.0. The largest absolute Gasteiger partial charge is 0.392 e. The van der Waals surface area contributed by atoms with Gasteiger partial charge in [-0.3, -0.25) is 0 Å². The summed E-state index contributed by atoms with van der Waals surface area (Å²) in [4.78, 5) is 0. The minimum Gasteiger partial charge on any atom is -0.392 e. The first-order valence-electron chi connectivity index (χ1n) is 5.08. The molecule has 1 aromatic carbocycles. The van der Waals surface area contributed by atoms with Gasteiger partial charge in [-0.2, -0.15) is 0 Å². The average molecular weight is 176 g/mol. The molecule has 0 fully saturated rings. The van der Waals surface area contributed by atoms with Crippen molar-refractivity contribution in [2.24, 2.45) is 0 Å². The number of fused-ring (bicyclic) bond motifs is 1. The van der Waals surface area contributed by atoms with E-state index in [1.165, 1.54) is 11.1 Å². The fraction of sp³-hybridized carbons (Fsp3) is 0.500. The quantitative estimate of drug-likeness (QED) is 0.734. The Bertz CT molecular complexity index is 293. The van der Waals surface area contributed by atoms with E-state index in [1.54, 1.807) is 0 Å². The summed E-state index contributed by atoms with van der Waals surface area (Å²) in [6.07, 6.45) is 2.96. The highest BCUT2D eigenvalue weighted by Crippen LogP contribution is 2.36. The van der Waals surface area contributed by atoms with Gasteiger partial charge in [0.2, 0.25) is 0 Å². The molecule has 0 aliphatic heterocycles. The van der Waals surface area contributed by atoms with Crippen LogP contribution in [0, 0.1) is 0 Å². The first-order valence-corrected chi connectivity index (χ1v) is 5.08. The molecule has 1 heteroatoms. The zero-order valence-electron chi connectivity index (χ0n) is 8.03. The smallest absolute Gasteiger partial charge is 0.0649 e. The molecule has 0 radical (unpaired) electrons. The Morgan fingerprint density at radius 3 is 2.92 bits per heavy atom. The van der Waals surface area contributed by atoms with Crippen LogP contribution in [0.2, 0.25) is 0 Å². The van der Waals surface area contributed by atoms with Crippen molar-refractivity contribution in [2.75, 3.05) is 0 Å². The van der Waals surface area contributed by atoms with E-state index in [9.17, 15) is 5.11 Å². The standard InChI is InChI=1S/C12H16O/c1-2-5-11-10-7-4-3-6-9(10)8-12(11)13/h3-4,6-7,11-13H,2,5,8H2,1H3. The lowest BCUT2D eigenvalue weighted by Gasteiger charge is -2.14. The van der Waals surface area contributed by atoms with Gasteiger partial charge in [0.1, 0.15) is 0 Å². The van der Waals surface area contributed by atoms with Crippen molar-refractivity contribution in [3.05, 3.63) is 35.4 Å². The van der Waals surface area contributed by atoms with Crippen LogP contribution in [-0.4, -0.2) is 11.2 Å². The molecule has 0 saturated heterocycles. The molecule has 70 valence electrons. The fourth-order valence-electron chi connectivity index (χ4n) is 2.32. The van der Waals surface area contributed by atoms with Crippen LogP contribution in [0.15, 0.2) is 24.3 Å². The maximum atomic E-state index is 9.84. The third-order valence-electron chi connectivity index (χ3n) is 2.95. The molecule has 0 amide bonds. The van der Waals surface area contributed by atoms with Gasteiger partial charge in [-0.05, 0) is 24.0 Å². The number of aliphatic hydroxyl groups is 1. The molecule has 0 bridgehead atoms. The third-order valence-corrected chi connectivity index (χ3v) is 2.95. The summed E-state index contributed by atoms with van der Waals surface area (Å²) in [5.41, 5.74) is 2.71. The molecule has 2 unspecified atom stereocenters. The maximum Gasteiger partial charge on any atom is 0.0649 e. The number of benzene rings is 1. The second kappa shape index (κ2) is 3.51. The van der Waals surface area contributed by atoms with Gasteiger partial charge in [0.15, 0.2) is 0 Å². The molecule has 1 aromatic rings. The monoisotopic (exact) mass is 176 g/mol. The Morgan fingerprint density at radius 1 is 1.38 bits per heavy atom. The van der Waals surface area contributed by atoms with Crippen LogP contribution in [-0.2, 0) is 6.42 Å². The highest BCUT2D eigenvalue weighted by atomic mass is 16.3. The van der Waals surface area contributed by atoms with E-state index >= 15 is 0 Å². The van der Waals surface area contributed by atoms with Crippen LogP contribution >= 0.6 is 0 Å². The Hall–Kier alpha value is -0.820. The Morgan fingerprint density at radius 2 is 2.15 bits per heavy atom. The van der Waals surface area contributed by atoms with Crippen molar-refractivity contribution in [1.29, 1.82) is 0 Å². The molecule has 1 N–H and O–H groups in total. The summed E-state index contributed by atoms with van der Waals surface area (Å²) >= 11 is 0. The molecule has 1 aliphatic rings. The van der Waals surface area contributed by atoms with Gasteiger partial charge in [-0.25, -0.2) is 0 Å². The van der Waals surface area contributed by atoms with E-state index in [4.69, 9.17) is 0 Å². The Labute approximate surface area is 79.4 Å². The van der Waals surface area contributed by atoms with E-state index in [-0.39, 0.29) is 6.10 Å². The summed E-state index contributed by atoms with van der Waals surface area (Å²) in [5.74, 6) is 0.390. The van der Waals surface area contributed by atoms with E-state index < -0.39 is 0 Å². The molecule has 0 spiro atoms. The van der Waals surface area contributed by atoms with Gasteiger partial charge in [0.05, 0.1) is 6.10 Å². The van der Waals surface area contributed by atoms with Gasteiger partial charge in [-0.1, -0.05) is 37.6 Å². The van der Waals surface area contributed by atoms with E-state index in [1.807, 2.05) is 0 Å². The van der Waals surface area contributed by atoms with Crippen molar-refractivity contribution in [3.8, 4) is 0 Å². The second-order valence-corrected chi connectivity index (χ2v) is 3.87. The molecule has 0 heterocycles. The predicted octanol–water partition coefficient (Wildman–Crippen LogP) is 2.49. The summed E-state index contributed by atoms with van der Waals surface area (Å²) in [7, 11) is 0. The number of aliphatic hydroxyl groups excluding tert-OH is 1. The van der Waals surface area contributed by atoms with Gasteiger partial charge in [-0.15, -0.1) is 0 Å². The predicted molar refractivity (Wildman–Crippen MR) is 53.8 cm³/mol. The number of hydrogen-bond acceptors (Lipinski definition) is 1. The van der Waals surface area contributed by atoms with E-state index in [2.05, 4.69) is 31.2 Å². The van der Waals surface area contributed by atoms with Crippen LogP contribution in [0.25, 0.3) is 0 Å². The Balaban J connectivity index is 2.29. The molecule has 1 aliphatic carbocycles. The molecule has 0 saturated carbocycles. The molecule has 1 nitrogen and oxygen atoms in total. The topological polar surface area (TPSA) is 20.2 Å². The van der Waals surface area contributed by atoms with Crippen LogP contribution in [0.3, 0.4) is 0 Å². The summed E-state index contributed by atoms with van der Waals surface area (Å²) < 4.78 is 0. The minimum absolute atomic E-state index is 0.141. The maximum absolute atomic E-state index is 9.84. The molecule has 0 aromatic heterocycles. The minimum atomic E-state index is -0.141. The molecule has 13 heavy (non-hydrogen) atoms. The van der Waals surface area contributed by atoms with Crippen LogP contribution in [0.4, 0.5) is 0 Å². The van der Waals surface area contributed by atoms with Gasteiger partial charge < -0.3 is 5.11 Å². The third kappa shape index (κ3) is 1.49. The summed E-state index contributed by atoms with van der Waals surface area (Å²) in [5, 5.41) is 9.84. The van der Waals surface area contributed by atoms with E-state index in [0.29, 0.717) is 5.92 Å². The summed E-state index contributed by atoms with van der Waals surface area (Å²) in [6, 6.07) is 8.42. The van der Waals surface area contributed by atoms with Crippen LogP contribution in [0.5, 0.6) is 0 Å². The van der Waals surface area contributed by atoms with Crippen molar-refractivity contribution in [3.63, 3.8) is 0 Å². The lowest BCUT2D eigenvalue weighted by molar-refractivity contribution is 0.152. The van der Waals surface area contributed by atoms with Gasteiger partial charge in [0.25, 0.3) is 0 Å². The first-order chi connectivity index (χ1) is 6.33. The second-order valence-electron chi connectivity index (χ2n) is 3.87. The molecular weight excluding hydrogens is 160 g/mol. The zero-order chi connectivity index (χ0) is 9.26. The zero-order valence-corrected chi connectivity index (χ0v) is 8.03. The average Bonchev–Trinajstić information content (AvgIpc) is 2.44. The molecular formula is C12H16O. The van der Waals surface area contributed by atoms with Crippen molar-refractivity contribution < 1.29 is 5.11 Å². The lowest BCUT2D eigenvalue weighted by atomic mass is 9.95. The van der Waals surface area contributed by atoms with Gasteiger partial charge in [0, 0.05) is 5.92 Å². The highest BCUT2D eigenvalue weighted by Gasteiger charge is 2.29. The SMILES string of the molecule is CCCC1c2ccccc2CC1O. The lowest BCUT2D eigenvalue weighted by Crippen LogP contribution is -2.12. The van der Waals surface area contributed by atoms with Crippen molar-refractivity contribution in [2.45, 2.75) is 38.2 Å². The van der Waals surface area contributed by atoms with Crippen molar-refractivity contribution in [1.82, 2.24) is 0 Å². The summed E-state index contributed by atoms with van der Waals surface area (Å²) in [6.45, 7) is 2.17. The van der Waals surface area contributed by atoms with E-state index in [0.717, 1.165) is 19.3 Å². The first kappa shape index (κ1) is 8.76. The Kier molecular flexibility index (Phi) is 2.36.